The Morgan fingerprint density at radius 1 is 1.33 bits per heavy atom. The fourth-order valence-electron chi connectivity index (χ4n) is 3.36. The molecule has 4 heteroatoms. The molecule has 1 fully saturated rings. The van der Waals surface area contributed by atoms with Gasteiger partial charge in [0.05, 0.1) is 7.11 Å². The second kappa shape index (κ2) is 7.76. The molecule has 0 spiro atoms. The summed E-state index contributed by atoms with van der Waals surface area (Å²) in [7, 11) is 1.64. The molecule has 1 atom stereocenters. The Morgan fingerprint density at radius 2 is 2.05 bits per heavy atom. The Labute approximate surface area is 128 Å². The first-order valence-corrected chi connectivity index (χ1v) is 8.11. The van der Waals surface area contributed by atoms with E-state index < -0.39 is 0 Å². The monoisotopic (exact) mass is 291 g/mol. The van der Waals surface area contributed by atoms with Crippen LogP contribution in [0.2, 0.25) is 0 Å². The van der Waals surface area contributed by atoms with Crippen LogP contribution >= 0.6 is 0 Å². The lowest BCUT2D eigenvalue weighted by Crippen LogP contribution is -2.42. The van der Waals surface area contributed by atoms with Crippen LogP contribution in [0.3, 0.4) is 0 Å². The summed E-state index contributed by atoms with van der Waals surface area (Å²) in [5.41, 5.74) is 7.32. The molecule has 1 unspecified atom stereocenters. The molecule has 1 aromatic heterocycles. The minimum Gasteiger partial charge on any atom is -0.481 e. The van der Waals surface area contributed by atoms with Gasteiger partial charge in [0, 0.05) is 37.4 Å². The Kier molecular flexibility index (Phi) is 6.00. The van der Waals surface area contributed by atoms with Gasteiger partial charge < -0.3 is 10.5 Å². The van der Waals surface area contributed by atoms with E-state index in [-0.39, 0.29) is 6.04 Å². The number of ether oxygens (including phenoxy) is 1. The first-order valence-electron chi connectivity index (χ1n) is 8.11. The number of rotatable bonds is 7. The Morgan fingerprint density at radius 3 is 2.52 bits per heavy atom. The van der Waals surface area contributed by atoms with Gasteiger partial charge in [0.15, 0.2) is 0 Å². The van der Waals surface area contributed by atoms with E-state index in [1.807, 2.05) is 12.3 Å². The van der Waals surface area contributed by atoms with Crippen LogP contribution < -0.4 is 10.5 Å². The molecule has 2 N–H and O–H groups in total. The normalized spacial score (nSPS) is 17.6. The van der Waals surface area contributed by atoms with Crippen molar-refractivity contribution >= 4 is 0 Å². The molecule has 1 aliphatic rings. The predicted molar refractivity (Wildman–Crippen MR) is 86.4 cm³/mol. The van der Waals surface area contributed by atoms with Crippen molar-refractivity contribution in [2.45, 2.75) is 51.6 Å². The molecule has 0 aromatic carbocycles. The van der Waals surface area contributed by atoms with Crippen LogP contribution in [-0.2, 0) is 0 Å². The van der Waals surface area contributed by atoms with E-state index in [0.29, 0.717) is 24.4 Å². The number of hydrogen-bond donors (Lipinski definition) is 1. The summed E-state index contributed by atoms with van der Waals surface area (Å²) in [4.78, 5) is 6.96. The van der Waals surface area contributed by atoms with Gasteiger partial charge in [-0.1, -0.05) is 32.8 Å². The zero-order valence-corrected chi connectivity index (χ0v) is 13.6. The van der Waals surface area contributed by atoms with E-state index in [1.54, 1.807) is 7.11 Å². The number of methoxy groups -OCH3 is 1. The minimum atomic E-state index is 0.258. The molecule has 1 saturated carbocycles. The maximum Gasteiger partial charge on any atom is 0.212 e. The standard InChI is InChI=1S/C17H29N3O/c1-13(2)12-20(15-6-4-5-7-15)16(10-18)14-8-9-17(21-3)19-11-14/h8-9,11,13,15-16H,4-7,10,12,18H2,1-3H3. The van der Waals surface area contributed by atoms with Crippen LogP contribution in [0.5, 0.6) is 5.88 Å². The first-order chi connectivity index (χ1) is 10.2. The van der Waals surface area contributed by atoms with Gasteiger partial charge in [0.2, 0.25) is 5.88 Å². The summed E-state index contributed by atoms with van der Waals surface area (Å²) in [5, 5.41) is 0. The summed E-state index contributed by atoms with van der Waals surface area (Å²) in [6.45, 7) is 6.29. The first kappa shape index (κ1) is 16.2. The number of nitrogens with two attached hydrogens (primary N) is 1. The molecule has 2 rings (SSSR count). The number of nitrogens with zero attached hydrogens (tertiary/aromatic N) is 2. The summed E-state index contributed by atoms with van der Waals surface area (Å²) >= 11 is 0. The molecule has 0 bridgehead atoms. The molecule has 1 aromatic rings. The second-order valence-electron chi connectivity index (χ2n) is 6.41. The lowest BCUT2D eigenvalue weighted by atomic mass is 10.0. The predicted octanol–water partition coefficient (Wildman–Crippen LogP) is 2.99. The fraction of sp³-hybridized carbons (Fsp3) is 0.706. The van der Waals surface area contributed by atoms with E-state index in [1.165, 1.54) is 31.2 Å². The van der Waals surface area contributed by atoms with E-state index in [9.17, 15) is 0 Å². The topological polar surface area (TPSA) is 51.4 Å². The third-order valence-electron chi connectivity index (χ3n) is 4.35. The zero-order valence-electron chi connectivity index (χ0n) is 13.6. The van der Waals surface area contributed by atoms with Crippen molar-refractivity contribution in [1.29, 1.82) is 0 Å². The summed E-state index contributed by atoms with van der Waals surface area (Å²) in [6.07, 6.45) is 7.20. The summed E-state index contributed by atoms with van der Waals surface area (Å²) in [5.74, 6) is 1.30. The smallest absolute Gasteiger partial charge is 0.212 e. The average molecular weight is 291 g/mol. The maximum absolute atomic E-state index is 6.12. The second-order valence-corrected chi connectivity index (χ2v) is 6.41. The van der Waals surface area contributed by atoms with Crippen molar-refractivity contribution in [3.63, 3.8) is 0 Å². The van der Waals surface area contributed by atoms with Crippen molar-refractivity contribution in [3.8, 4) is 5.88 Å². The maximum atomic E-state index is 6.12. The molecule has 1 heterocycles. The lowest BCUT2D eigenvalue weighted by Gasteiger charge is -2.37. The number of hydrogen-bond acceptors (Lipinski definition) is 4. The quantitative estimate of drug-likeness (QED) is 0.839. The van der Waals surface area contributed by atoms with E-state index in [2.05, 4.69) is 29.8 Å². The molecular weight excluding hydrogens is 262 g/mol. The van der Waals surface area contributed by atoms with E-state index in [4.69, 9.17) is 10.5 Å². The molecule has 1 aliphatic carbocycles. The highest BCUT2D eigenvalue weighted by Crippen LogP contribution is 2.31. The van der Waals surface area contributed by atoms with Crippen LogP contribution in [-0.4, -0.2) is 36.1 Å². The van der Waals surface area contributed by atoms with Gasteiger partial charge in [0.25, 0.3) is 0 Å². The molecule has 0 radical (unpaired) electrons. The van der Waals surface area contributed by atoms with Crippen molar-refractivity contribution in [2.24, 2.45) is 11.7 Å². The van der Waals surface area contributed by atoms with Gasteiger partial charge >= 0.3 is 0 Å². The highest BCUT2D eigenvalue weighted by atomic mass is 16.5. The fourth-order valence-corrected chi connectivity index (χ4v) is 3.36. The molecule has 4 nitrogen and oxygen atoms in total. The Bertz CT molecular complexity index is 413. The van der Waals surface area contributed by atoms with Gasteiger partial charge in [0.1, 0.15) is 0 Å². The third kappa shape index (κ3) is 4.17. The van der Waals surface area contributed by atoms with Gasteiger partial charge in [-0.05, 0) is 24.3 Å². The summed E-state index contributed by atoms with van der Waals surface area (Å²) in [6, 6.07) is 4.96. The largest absolute Gasteiger partial charge is 0.481 e. The van der Waals surface area contributed by atoms with Gasteiger partial charge in [-0.2, -0.15) is 0 Å². The third-order valence-corrected chi connectivity index (χ3v) is 4.35. The zero-order chi connectivity index (χ0) is 15.2. The Hall–Kier alpha value is -1.13. The van der Waals surface area contributed by atoms with Crippen LogP contribution in [0.15, 0.2) is 18.3 Å². The Balaban J connectivity index is 2.20. The van der Waals surface area contributed by atoms with Crippen molar-refractivity contribution in [3.05, 3.63) is 23.9 Å². The summed E-state index contributed by atoms with van der Waals surface area (Å²) < 4.78 is 5.15. The molecule has 0 amide bonds. The molecule has 0 saturated heterocycles. The van der Waals surface area contributed by atoms with Gasteiger partial charge in [-0.3, -0.25) is 4.90 Å². The molecule has 118 valence electrons. The van der Waals surface area contributed by atoms with Crippen LogP contribution in [0, 0.1) is 5.92 Å². The highest BCUT2D eigenvalue weighted by Gasteiger charge is 2.29. The van der Waals surface area contributed by atoms with Crippen molar-refractivity contribution < 1.29 is 4.74 Å². The SMILES string of the molecule is COc1ccc(C(CN)N(CC(C)C)C2CCCC2)cn1. The average Bonchev–Trinajstić information content (AvgIpc) is 3.01. The number of pyridine rings is 1. The van der Waals surface area contributed by atoms with Gasteiger partial charge in [-0.15, -0.1) is 0 Å². The van der Waals surface area contributed by atoms with Crippen LogP contribution in [0.25, 0.3) is 0 Å². The molecule has 0 aliphatic heterocycles. The minimum absolute atomic E-state index is 0.258. The lowest BCUT2D eigenvalue weighted by molar-refractivity contribution is 0.121. The number of aromatic nitrogens is 1. The highest BCUT2D eigenvalue weighted by molar-refractivity contribution is 5.21. The van der Waals surface area contributed by atoms with Crippen LogP contribution in [0.1, 0.15) is 51.1 Å². The van der Waals surface area contributed by atoms with Crippen molar-refractivity contribution in [1.82, 2.24) is 9.88 Å². The van der Waals surface area contributed by atoms with Crippen molar-refractivity contribution in [2.75, 3.05) is 20.2 Å². The molecule has 21 heavy (non-hydrogen) atoms. The van der Waals surface area contributed by atoms with Crippen LogP contribution in [0.4, 0.5) is 0 Å². The van der Waals surface area contributed by atoms with E-state index in [0.717, 1.165) is 6.54 Å². The van der Waals surface area contributed by atoms with Gasteiger partial charge in [-0.25, -0.2) is 4.98 Å². The van der Waals surface area contributed by atoms with E-state index >= 15 is 0 Å². The molecular formula is C17H29N3O.